The molecule has 0 saturated heterocycles. The second-order valence-corrected chi connectivity index (χ2v) is 6.93. The van der Waals surface area contributed by atoms with Gasteiger partial charge in [-0.05, 0) is 35.9 Å². The van der Waals surface area contributed by atoms with E-state index in [9.17, 15) is 4.79 Å². The first-order valence-corrected chi connectivity index (χ1v) is 9.89. The Morgan fingerprint density at radius 3 is 2.31 bits per heavy atom. The summed E-state index contributed by atoms with van der Waals surface area (Å²) >= 11 is 0. The van der Waals surface area contributed by atoms with Crippen LogP contribution in [0.1, 0.15) is 5.56 Å². The summed E-state index contributed by atoms with van der Waals surface area (Å²) in [6.07, 6.45) is 3.30. The fourth-order valence-electron chi connectivity index (χ4n) is 3.40. The number of aromatic nitrogens is 2. The van der Waals surface area contributed by atoms with E-state index in [2.05, 4.69) is 10.4 Å². The molecule has 1 N–H and O–H groups in total. The lowest BCUT2D eigenvalue weighted by Gasteiger charge is -2.14. The molecule has 32 heavy (non-hydrogen) atoms. The fraction of sp³-hybridized carbons (Fsp3) is 0.167. The minimum atomic E-state index is -0.213. The molecule has 2 heterocycles. The summed E-state index contributed by atoms with van der Waals surface area (Å²) in [5.41, 5.74) is 3.05. The van der Waals surface area contributed by atoms with Crippen molar-refractivity contribution in [3.05, 3.63) is 72.7 Å². The lowest BCUT2D eigenvalue weighted by Crippen LogP contribution is -2.17. The van der Waals surface area contributed by atoms with Crippen LogP contribution in [0.4, 0.5) is 5.82 Å². The number of anilines is 1. The molecule has 1 amide bonds. The largest absolute Gasteiger partial charge is 0.493 e. The summed E-state index contributed by atoms with van der Waals surface area (Å²) < 4.78 is 23.0. The van der Waals surface area contributed by atoms with E-state index >= 15 is 0 Å². The van der Waals surface area contributed by atoms with Crippen LogP contribution < -0.4 is 19.5 Å². The molecule has 0 spiro atoms. The quantitative estimate of drug-likeness (QED) is 0.445. The normalized spacial score (nSPS) is 10.6. The van der Waals surface area contributed by atoms with Gasteiger partial charge in [0.25, 0.3) is 0 Å². The summed E-state index contributed by atoms with van der Waals surface area (Å²) in [4.78, 5) is 12.9. The maximum atomic E-state index is 12.9. The molecule has 4 rings (SSSR count). The van der Waals surface area contributed by atoms with Crippen molar-refractivity contribution < 1.29 is 23.4 Å². The van der Waals surface area contributed by atoms with Gasteiger partial charge in [0.05, 0.1) is 51.7 Å². The molecule has 2 aromatic heterocycles. The third-order valence-electron chi connectivity index (χ3n) is 4.88. The molecule has 8 nitrogen and oxygen atoms in total. The van der Waals surface area contributed by atoms with Gasteiger partial charge >= 0.3 is 0 Å². The molecule has 0 radical (unpaired) electrons. The molecule has 164 valence electrons. The Labute approximate surface area is 185 Å². The number of furan rings is 1. The van der Waals surface area contributed by atoms with Gasteiger partial charge in [-0.2, -0.15) is 5.10 Å². The first-order chi connectivity index (χ1) is 15.6. The van der Waals surface area contributed by atoms with Crippen molar-refractivity contribution in [2.24, 2.45) is 0 Å². The summed E-state index contributed by atoms with van der Waals surface area (Å²) in [7, 11) is 4.61. The van der Waals surface area contributed by atoms with Gasteiger partial charge in [0.1, 0.15) is 5.82 Å². The zero-order chi connectivity index (χ0) is 22.5. The van der Waals surface area contributed by atoms with Crippen LogP contribution in [0.2, 0.25) is 0 Å². The van der Waals surface area contributed by atoms with Gasteiger partial charge in [-0.25, -0.2) is 4.68 Å². The Morgan fingerprint density at radius 1 is 1.00 bits per heavy atom. The Kier molecular flexibility index (Phi) is 6.12. The minimum absolute atomic E-state index is 0.109. The number of rotatable bonds is 8. The van der Waals surface area contributed by atoms with E-state index in [0.29, 0.717) is 28.8 Å². The lowest BCUT2D eigenvalue weighted by atomic mass is 10.1. The number of carbonyl (C=O) groups is 1. The van der Waals surface area contributed by atoms with Crippen LogP contribution in [0.15, 0.2) is 71.5 Å². The van der Waals surface area contributed by atoms with E-state index in [-0.39, 0.29) is 12.3 Å². The van der Waals surface area contributed by atoms with Crippen molar-refractivity contribution in [3.8, 4) is 34.2 Å². The third kappa shape index (κ3) is 4.29. The monoisotopic (exact) mass is 433 g/mol. The zero-order valence-electron chi connectivity index (χ0n) is 18.0. The van der Waals surface area contributed by atoms with Gasteiger partial charge in [0.15, 0.2) is 11.5 Å². The van der Waals surface area contributed by atoms with Crippen molar-refractivity contribution in [3.63, 3.8) is 0 Å². The van der Waals surface area contributed by atoms with Gasteiger partial charge in [0.2, 0.25) is 11.7 Å². The fourth-order valence-corrected chi connectivity index (χ4v) is 3.40. The molecule has 0 aliphatic heterocycles. The maximum absolute atomic E-state index is 12.9. The number of nitrogens with zero attached hydrogens (tertiary/aromatic N) is 2. The summed E-state index contributed by atoms with van der Waals surface area (Å²) in [5, 5.41) is 7.61. The van der Waals surface area contributed by atoms with Crippen molar-refractivity contribution in [1.82, 2.24) is 9.78 Å². The highest BCUT2D eigenvalue weighted by Gasteiger charge is 2.17. The number of amides is 1. The van der Waals surface area contributed by atoms with Gasteiger partial charge in [-0.3, -0.25) is 4.79 Å². The van der Waals surface area contributed by atoms with Crippen LogP contribution in [-0.4, -0.2) is 37.0 Å². The van der Waals surface area contributed by atoms with Gasteiger partial charge < -0.3 is 23.9 Å². The molecular weight excluding hydrogens is 410 g/mol. The highest BCUT2D eigenvalue weighted by Crippen LogP contribution is 2.38. The molecule has 0 atom stereocenters. The van der Waals surface area contributed by atoms with Crippen LogP contribution >= 0.6 is 0 Å². The first kappa shape index (κ1) is 21.0. The number of methoxy groups -OCH3 is 3. The second kappa shape index (κ2) is 9.30. The molecule has 0 aliphatic carbocycles. The molecule has 8 heteroatoms. The summed E-state index contributed by atoms with van der Waals surface area (Å²) in [6, 6.07) is 16.7. The van der Waals surface area contributed by atoms with E-state index in [0.717, 1.165) is 16.8 Å². The Hall–Kier alpha value is -4.20. The first-order valence-electron chi connectivity index (χ1n) is 9.89. The van der Waals surface area contributed by atoms with Crippen LogP contribution in [0.25, 0.3) is 16.9 Å². The van der Waals surface area contributed by atoms with Crippen LogP contribution in [0.5, 0.6) is 17.2 Å². The SMILES string of the molecule is COc1cc(CC(=O)Nc2cc(-c3ccoc3)nn2-c2ccccc2)cc(OC)c1OC. The van der Waals surface area contributed by atoms with Crippen LogP contribution in [-0.2, 0) is 11.2 Å². The van der Waals surface area contributed by atoms with E-state index in [1.165, 1.54) is 21.3 Å². The van der Waals surface area contributed by atoms with Crippen molar-refractivity contribution in [2.45, 2.75) is 6.42 Å². The molecule has 0 saturated carbocycles. The molecular formula is C24H23N3O5. The van der Waals surface area contributed by atoms with Gasteiger partial charge in [0, 0.05) is 11.6 Å². The van der Waals surface area contributed by atoms with Crippen LogP contribution in [0.3, 0.4) is 0 Å². The second-order valence-electron chi connectivity index (χ2n) is 6.93. The van der Waals surface area contributed by atoms with Crippen molar-refractivity contribution >= 4 is 11.7 Å². The topological polar surface area (TPSA) is 87.8 Å². The summed E-state index contributed by atoms with van der Waals surface area (Å²) in [5.74, 6) is 1.79. The number of hydrogen-bond acceptors (Lipinski definition) is 6. The molecule has 0 aliphatic rings. The van der Waals surface area contributed by atoms with Crippen molar-refractivity contribution in [2.75, 3.05) is 26.6 Å². The molecule has 0 unspecified atom stereocenters. The van der Waals surface area contributed by atoms with Gasteiger partial charge in [-0.15, -0.1) is 0 Å². The zero-order valence-corrected chi connectivity index (χ0v) is 18.0. The minimum Gasteiger partial charge on any atom is -0.493 e. The third-order valence-corrected chi connectivity index (χ3v) is 4.88. The number of nitrogens with one attached hydrogen (secondary N) is 1. The molecule has 0 fully saturated rings. The van der Waals surface area contributed by atoms with E-state index in [4.69, 9.17) is 18.6 Å². The Morgan fingerprint density at radius 2 is 1.72 bits per heavy atom. The Balaban J connectivity index is 1.62. The number of carbonyl (C=O) groups excluding carboxylic acids is 1. The predicted molar refractivity (Wildman–Crippen MR) is 120 cm³/mol. The van der Waals surface area contributed by atoms with E-state index < -0.39 is 0 Å². The Bertz CT molecular complexity index is 1170. The highest BCUT2D eigenvalue weighted by atomic mass is 16.5. The number of hydrogen-bond donors (Lipinski definition) is 1. The van der Waals surface area contributed by atoms with E-state index in [1.54, 1.807) is 29.3 Å². The molecule has 0 bridgehead atoms. The maximum Gasteiger partial charge on any atom is 0.229 e. The van der Waals surface area contributed by atoms with Crippen molar-refractivity contribution in [1.29, 1.82) is 0 Å². The van der Waals surface area contributed by atoms with Crippen LogP contribution in [0, 0.1) is 0 Å². The van der Waals surface area contributed by atoms with Gasteiger partial charge in [-0.1, -0.05) is 18.2 Å². The number of para-hydroxylation sites is 1. The number of ether oxygens (including phenoxy) is 3. The molecule has 4 aromatic rings. The highest BCUT2D eigenvalue weighted by molar-refractivity contribution is 5.92. The smallest absolute Gasteiger partial charge is 0.229 e. The number of benzene rings is 2. The average molecular weight is 433 g/mol. The molecule has 2 aromatic carbocycles. The van der Waals surface area contributed by atoms with E-state index in [1.807, 2.05) is 42.5 Å². The summed E-state index contributed by atoms with van der Waals surface area (Å²) in [6.45, 7) is 0. The average Bonchev–Trinajstić information content (AvgIpc) is 3.49. The lowest BCUT2D eigenvalue weighted by molar-refractivity contribution is -0.115. The standard InChI is InChI=1S/C24H23N3O5/c1-29-20-11-16(12-21(30-2)24(20)31-3)13-23(28)25-22-14-19(17-9-10-32-15-17)26-27(22)18-7-5-4-6-8-18/h4-12,14-15H,13H2,1-3H3,(H,25,28). The predicted octanol–water partition coefficient (Wildman–Crippen LogP) is 4.34.